The molecule has 0 saturated heterocycles. The van der Waals surface area contributed by atoms with Gasteiger partial charge in [0, 0.05) is 29.6 Å². The molecule has 1 aliphatic heterocycles. The van der Waals surface area contributed by atoms with E-state index in [1.807, 2.05) is 31.3 Å². The standard InChI is InChI=1S/C21H18FN3O/c1-13-18(15-5-8-19-16(10-15)11-21(26)25-19)12-23-20(24-13)9-4-14-2-6-17(22)7-3-14/h2-3,5-8,10,12H,4,9,11H2,1H3,(H,25,26). The van der Waals surface area contributed by atoms with Gasteiger partial charge in [-0.05, 0) is 54.3 Å². The number of aryl methyl sites for hydroxylation is 3. The number of halogens is 1. The first-order chi connectivity index (χ1) is 12.6. The number of aromatic nitrogens is 2. The highest BCUT2D eigenvalue weighted by atomic mass is 19.1. The molecule has 26 heavy (non-hydrogen) atoms. The molecule has 0 spiro atoms. The lowest BCUT2D eigenvalue weighted by molar-refractivity contribution is -0.115. The SMILES string of the molecule is Cc1nc(CCc2ccc(F)cc2)ncc1-c1ccc2c(c1)CC(=O)N2. The fraction of sp³-hybridized carbons (Fsp3) is 0.190. The van der Waals surface area contributed by atoms with Gasteiger partial charge in [-0.2, -0.15) is 0 Å². The molecule has 1 aromatic heterocycles. The van der Waals surface area contributed by atoms with E-state index in [0.29, 0.717) is 12.8 Å². The number of benzene rings is 2. The van der Waals surface area contributed by atoms with Gasteiger partial charge in [0.05, 0.1) is 6.42 Å². The van der Waals surface area contributed by atoms with Gasteiger partial charge in [0.2, 0.25) is 5.91 Å². The van der Waals surface area contributed by atoms with Gasteiger partial charge in [-0.3, -0.25) is 4.79 Å². The highest BCUT2D eigenvalue weighted by Crippen LogP contribution is 2.29. The Morgan fingerprint density at radius 1 is 1.12 bits per heavy atom. The topological polar surface area (TPSA) is 54.9 Å². The summed E-state index contributed by atoms with van der Waals surface area (Å²) in [6.07, 6.45) is 3.73. The van der Waals surface area contributed by atoms with Crippen LogP contribution < -0.4 is 5.32 Å². The minimum absolute atomic E-state index is 0.0289. The summed E-state index contributed by atoms with van der Waals surface area (Å²) in [4.78, 5) is 20.6. The second-order valence-corrected chi connectivity index (χ2v) is 6.51. The molecule has 5 heteroatoms. The maximum absolute atomic E-state index is 13.0. The minimum atomic E-state index is -0.226. The number of amides is 1. The summed E-state index contributed by atoms with van der Waals surface area (Å²) >= 11 is 0. The Labute approximate surface area is 151 Å². The summed E-state index contributed by atoms with van der Waals surface area (Å²) in [6, 6.07) is 12.5. The van der Waals surface area contributed by atoms with Gasteiger partial charge < -0.3 is 5.32 Å². The Bertz CT molecular complexity index is 983. The quantitative estimate of drug-likeness (QED) is 0.779. The Morgan fingerprint density at radius 3 is 2.69 bits per heavy atom. The van der Waals surface area contributed by atoms with Crippen molar-refractivity contribution in [2.24, 2.45) is 0 Å². The van der Waals surface area contributed by atoms with Crippen molar-refractivity contribution in [2.75, 3.05) is 5.32 Å². The molecule has 0 atom stereocenters. The van der Waals surface area contributed by atoms with Gasteiger partial charge in [0.15, 0.2) is 0 Å². The average Bonchev–Trinajstić information content (AvgIpc) is 3.00. The number of carbonyl (C=O) groups excluding carboxylic acids is 1. The average molecular weight is 347 g/mol. The van der Waals surface area contributed by atoms with E-state index in [1.165, 1.54) is 12.1 Å². The summed E-state index contributed by atoms with van der Waals surface area (Å²) in [7, 11) is 0. The molecule has 2 heterocycles. The first kappa shape index (κ1) is 16.4. The zero-order chi connectivity index (χ0) is 18.1. The fourth-order valence-electron chi connectivity index (χ4n) is 3.22. The lowest BCUT2D eigenvalue weighted by Gasteiger charge is -2.09. The zero-order valence-electron chi connectivity index (χ0n) is 14.4. The molecule has 4 rings (SSSR count). The molecule has 0 radical (unpaired) electrons. The normalized spacial score (nSPS) is 12.8. The molecule has 1 aliphatic rings. The van der Waals surface area contributed by atoms with Gasteiger partial charge >= 0.3 is 0 Å². The summed E-state index contributed by atoms with van der Waals surface area (Å²) in [5.41, 5.74) is 5.85. The molecule has 130 valence electrons. The third-order valence-electron chi connectivity index (χ3n) is 4.62. The van der Waals surface area contributed by atoms with Crippen LogP contribution in [0.2, 0.25) is 0 Å². The summed E-state index contributed by atoms with van der Waals surface area (Å²) in [5.74, 6) is 0.575. The van der Waals surface area contributed by atoms with Gasteiger partial charge in [0.25, 0.3) is 0 Å². The maximum atomic E-state index is 13.0. The van der Waals surface area contributed by atoms with Crippen molar-refractivity contribution in [1.29, 1.82) is 0 Å². The van der Waals surface area contributed by atoms with Crippen molar-refractivity contribution >= 4 is 11.6 Å². The molecular formula is C21H18FN3O. The van der Waals surface area contributed by atoms with Gasteiger partial charge in [-0.15, -0.1) is 0 Å². The molecule has 3 aromatic rings. The van der Waals surface area contributed by atoms with E-state index < -0.39 is 0 Å². The number of nitrogens with zero attached hydrogens (tertiary/aromatic N) is 2. The third-order valence-corrected chi connectivity index (χ3v) is 4.62. The maximum Gasteiger partial charge on any atom is 0.228 e. The number of fused-ring (bicyclic) bond motifs is 1. The van der Waals surface area contributed by atoms with Gasteiger partial charge in [-0.25, -0.2) is 14.4 Å². The molecule has 0 unspecified atom stereocenters. The molecule has 2 aromatic carbocycles. The molecule has 1 N–H and O–H groups in total. The van der Waals surface area contributed by atoms with E-state index in [-0.39, 0.29) is 11.7 Å². The van der Waals surface area contributed by atoms with E-state index >= 15 is 0 Å². The van der Waals surface area contributed by atoms with Crippen LogP contribution in [0, 0.1) is 12.7 Å². The summed E-state index contributed by atoms with van der Waals surface area (Å²) in [6.45, 7) is 1.97. The Hall–Kier alpha value is -3.08. The van der Waals surface area contributed by atoms with Crippen LogP contribution in [0.1, 0.15) is 22.6 Å². The van der Waals surface area contributed by atoms with Crippen molar-refractivity contribution < 1.29 is 9.18 Å². The molecule has 4 nitrogen and oxygen atoms in total. The number of anilines is 1. The monoisotopic (exact) mass is 347 g/mol. The summed E-state index contributed by atoms with van der Waals surface area (Å²) < 4.78 is 13.0. The van der Waals surface area contributed by atoms with E-state index in [4.69, 9.17) is 0 Å². The number of carbonyl (C=O) groups is 1. The summed E-state index contributed by atoms with van der Waals surface area (Å²) in [5, 5.41) is 2.84. The number of nitrogens with one attached hydrogen (secondary N) is 1. The van der Waals surface area contributed by atoms with Crippen molar-refractivity contribution in [1.82, 2.24) is 9.97 Å². The van der Waals surface area contributed by atoms with Crippen LogP contribution in [0.5, 0.6) is 0 Å². The first-order valence-corrected chi connectivity index (χ1v) is 8.58. The fourth-order valence-corrected chi connectivity index (χ4v) is 3.22. The largest absolute Gasteiger partial charge is 0.326 e. The van der Waals surface area contributed by atoms with Gasteiger partial charge in [-0.1, -0.05) is 18.2 Å². The van der Waals surface area contributed by atoms with Gasteiger partial charge in [0.1, 0.15) is 11.6 Å². The van der Waals surface area contributed by atoms with Crippen LogP contribution in [-0.2, 0) is 24.1 Å². The van der Waals surface area contributed by atoms with E-state index in [9.17, 15) is 9.18 Å². The Balaban J connectivity index is 1.52. The lowest BCUT2D eigenvalue weighted by atomic mass is 10.0. The highest BCUT2D eigenvalue weighted by molar-refractivity contribution is 5.99. The van der Waals surface area contributed by atoms with Crippen molar-refractivity contribution in [3.63, 3.8) is 0 Å². The zero-order valence-corrected chi connectivity index (χ0v) is 14.4. The van der Waals surface area contributed by atoms with Crippen LogP contribution >= 0.6 is 0 Å². The van der Waals surface area contributed by atoms with Crippen molar-refractivity contribution in [2.45, 2.75) is 26.2 Å². The highest BCUT2D eigenvalue weighted by Gasteiger charge is 2.18. The van der Waals surface area contributed by atoms with Crippen LogP contribution in [0.3, 0.4) is 0 Å². The number of hydrogen-bond acceptors (Lipinski definition) is 3. The predicted octanol–water partition coefficient (Wildman–Crippen LogP) is 3.87. The molecular weight excluding hydrogens is 329 g/mol. The molecule has 0 saturated carbocycles. The number of rotatable bonds is 4. The molecule has 1 amide bonds. The van der Waals surface area contributed by atoms with Crippen LogP contribution in [0.25, 0.3) is 11.1 Å². The third kappa shape index (κ3) is 3.33. The van der Waals surface area contributed by atoms with E-state index in [1.54, 1.807) is 12.1 Å². The minimum Gasteiger partial charge on any atom is -0.326 e. The Kier molecular flexibility index (Phi) is 4.21. The molecule has 0 bridgehead atoms. The van der Waals surface area contributed by atoms with E-state index in [2.05, 4.69) is 15.3 Å². The van der Waals surface area contributed by atoms with Crippen molar-refractivity contribution in [3.8, 4) is 11.1 Å². The smallest absolute Gasteiger partial charge is 0.228 e. The lowest BCUT2D eigenvalue weighted by Crippen LogP contribution is -2.03. The Morgan fingerprint density at radius 2 is 1.92 bits per heavy atom. The van der Waals surface area contributed by atoms with E-state index in [0.717, 1.165) is 45.9 Å². The molecule has 0 aliphatic carbocycles. The van der Waals surface area contributed by atoms with Crippen LogP contribution in [-0.4, -0.2) is 15.9 Å². The predicted molar refractivity (Wildman–Crippen MR) is 98.3 cm³/mol. The van der Waals surface area contributed by atoms with Crippen LogP contribution in [0.15, 0.2) is 48.7 Å². The number of hydrogen-bond donors (Lipinski definition) is 1. The second kappa shape index (κ2) is 6.67. The molecule has 0 fully saturated rings. The van der Waals surface area contributed by atoms with Crippen LogP contribution in [0.4, 0.5) is 10.1 Å². The first-order valence-electron chi connectivity index (χ1n) is 8.58. The second-order valence-electron chi connectivity index (χ2n) is 6.51. The van der Waals surface area contributed by atoms with Crippen molar-refractivity contribution in [3.05, 3.63) is 77.1 Å².